The molecule has 0 aromatic heterocycles. The predicted molar refractivity (Wildman–Crippen MR) is 117 cm³/mol. The SMILES string of the molecule is CN(Cc1ccccc1)c1ccccc1NC(=O)CCCNC(=O)OC(C)(C)C. The van der Waals surface area contributed by atoms with E-state index in [-0.39, 0.29) is 5.91 Å². The molecule has 6 nitrogen and oxygen atoms in total. The summed E-state index contributed by atoms with van der Waals surface area (Å²) < 4.78 is 5.18. The maximum Gasteiger partial charge on any atom is 0.407 e. The van der Waals surface area contributed by atoms with Crippen molar-refractivity contribution in [1.82, 2.24) is 5.32 Å². The van der Waals surface area contributed by atoms with Crippen molar-refractivity contribution < 1.29 is 14.3 Å². The number of amides is 2. The minimum Gasteiger partial charge on any atom is -0.444 e. The van der Waals surface area contributed by atoms with Gasteiger partial charge in [-0.2, -0.15) is 0 Å². The summed E-state index contributed by atoms with van der Waals surface area (Å²) in [5.74, 6) is -0.0865. The lowest BCUT2D eigenvalue weighted by Crippen LogP contribution is -2.33. The van der Waals surface area contributed by atoms with Gasteiger partial charge in [-0.25, -0.2) is 4.79 Å². The number of hydrogen-bond acceptors (Lipinski definition) is 4. The van der Waals surface area contributed by atoms with Crippen molar-refractivity contribution in [3.8, 4) is 0 Å². The van der Waals surface area contributed by atoms with Gasteiger partial charge in [0.1, 0.15) is 5.60 Å². The Morgan fingerprint density at radius 3 is 2.34 bits per heavy atom. The smallest absolute Gasteiger partial charge is 0.407 e. The van der Waals surface area contributed by atoms with E-state index in [2.05, 4.69) is 27.7 Å². The van der Waals surface area contributed by atoms with E-state index >= 15 is 0 Å². The second kappa shape index (κ2) is 10.5. The third-order valence-corrected chi connectivity index (χ3v) is 4.10. The van der Waals surface area contributed by atoms with Crippen molar-refractivity contribution in [3.63, 3.8) is 0 Å². The molecule has 0 saturated carbocycles. The molecule has 2 aromatic carbocycles. The zero-order valence-corrected chi connectivity index (χ0v) is 17.7. The monoisotopic (exact) mass is 397 g/mol. The molecule has 6 heteroatoms. The van der Waals surface area contributed by atoms with Crippen LogP contribution in [0.4, 0.5) is 16.2 Å². The van der Waals surface area contributed by atoms with Crippen molar-refractivity contribution in [2.45, 2.75) is 45.8 Å². The summed E-state index contributed by atoms with van der Waals surface area (Å²) >= 11 is 0. The molecule has 2 rings (SSSR count). The number of benzene rings is 2. The van der Waals surface area contributed by atoms with E-state index in [1.165, 1.54) is 5.56 Å². The summed E-state index contributed by atoms with van der Waals surface area (Å²) in [7, 11) is 2.00. The summed E-state index contributed by atoms with van der Waals surface area (Å²) in [4.78, 5) is 26.1. The van der Waals surface area contributed by atoms with E-state index in [0.717, 1.165) is 17.9 Å². The van der Waals surface area contributed by atoms with Crippen LogP contribution in [-0.4, -0.2) is 31.2 Å². The number of hydrogen-bond donors (Lipinski definition) is 2. The predicted octanol–water partition coefficient (Wildman–Crippen LogP) is 4.57. The Hall–Kier alpha value is -3.02. The Morgan fingerprint density at radius 1 is 1.00 bits per heavy atom. The van der Waals surface area contributed by atoms with Gasteiger partial charge >= 0.3 is 6.09 Å². The molecule has 0 radical (unpaired) electrons. The zero-order valence-electron chi connectivity index (χ0n) is 17.7. The normalized spacial score (nSPS) is 10.9. The van der Waals surface area contributed by atoms with Crippen LogP contribution in [0.15, 0.2) is 54.6 Å². The molecule has 0 aliphatic carbocycles. The van der Waals surface area contributed by atoms with Gasteiger partial charge in [0.15, 0.2) is 0 Å². The van der Waals surface area contributed by atoms with Gasteiger partial charge in [-0.1, -0.05) is 42.5 Å². The van der Waals surface area contributed by atoms with Crippen LogP contribution in [0.2, 0.25) is 0 Å². The highest BCUT2D eigenvalue weighted by Crippen LogP contribution is 2.26. The largest absolute Gasteiger partial charge is 0.444 e. The average molecular weight is 398 g/mol. The Kier molecular flexibility index (Phi) is 8.07. The molecule has 0 unspecified atom stereocenters. The molecule has 0 saturated heterocycles. The quantitative estimate of drug-likeness (QED) is 0.640. The molecule has 2 aromatic rings. The van der Waals surface area contributed by atoms with Crippen LogP contribution >= 0.6 is 0 Å². The maximum atomic E-state index is 12.3. The third kappa shape index (κ3) is 8.25. The van der Waals surface area contributed by atoms with E-state index in [4.69, 9.17) is 4.74 Å². The highest BCUT2D eigenvalue weighted by molar-refractivity contribution is 5.94. The summed E-state index contributed by atoms with van der Waals surface area (Å²) in [6, 6.07) is 17.9. The van der Waals surface area contributed by atoms with E-state index < -0.39 is 11.7 Å². The summed E-state index contributed by atoms with van der Waals surface area (Å²) in [5.41, 5.74) is 2.40. The Balaban J connectivity index is 1.84. The van der Waals surface area contributed by atoms with Gasteiger partial charge in [-0.15, -0.1) is 0 Å². The van der Waals surface area contributed by atoms with Crippen molar-refractivity contribution in [2.75, 3.05) is 23.8 Å². The molecule has 0 atom stereocenters. The first kappa shape index (κ1) is 22.3. The molecule has 156 valence electrons. The lowest BCUT2D eigenvalue weighted by molar-refractivity contribution is -0.116. The van der Waals surface area contributed by atoms with Crippen molar-refractivity contribution in [1.29, 1.82) is 0 Å². The third-order valence-electron chi connectivity index (χ3n) is 4.10. The first-order valence-corrected chi connectivity index (χ1v) is 9.85. The van der Waals surface area contributed by atoms with Gasteiger partial charge in [-0.05, 0) is 44.9 Å². The number of ether oxygens (including phenoxy) is 1. The number of nitrogens with one attached hydrogen (secondary N) is 2. The molecule has 0 bridgehead atoms. The van der Waals surface area contributed by atoms with Crippen LogP contribution in [-0.2, 0) is 16.1 Å². The van der Waals surface area contributed by atoms with Gasteiger partial charge in [-0.3, -0.25) is 4.79 Å². The Bertz CT molecular complexity index is 801. The molecule has 0 fully saturated rings. The highest BCUT2D eigenvalue weighted by atomic mass is 16.6. The van der Waals surface area contributed by atoms with Gasteiger partial charge in [0.25, 0.3) is 0 Å². The van der Waals surface area contributed by atoms with Crippen LogP contribution in [0.1, 0.15) is 39.2 Å². The minimum atomic E-state index is -0.531. The molecule has 29 heavy (non-hydrogen) atoms. The topological polar surface area (TPSA) is 70.7 Å². The van der Waals surface area contributed by atoms with E-state index in [1.807, 2.05) is 70.3 Å². The number of nitrogens with zero attached hydrogens (tertiary/aromatic N) is 1. The first-order valence-electron chi connectivity index (χ1n) is 9.85. The Labute approximate surface area is 173 Å². The van der Waals surface area contributed by atoms with Crippen molar-refractivity contribution >= 4 is 23.4 Å². The van der Waals surface area contributed by atoms with Crippen LogP contribution < -0.4 is 15.5 Å². The number of anilines is 2. The number of rotatable bonds is 8. The summed E-state index contributed by atoms with van der Waals surface area (Å²) in [6.07, 6.45) is 0.380. The second-order valence-electron chi connectivity index (χ2n) is 7.94. The molecule has 0 aliphatic heterocycles. The molecule has 2 amide bonds. The Morgan fingerprint density at radius 2 is 1.66 bits per heavy atom. The van der Waals surface area contributed by atoms with Gasteiger partial charge in [0.2, 0.25) is 5.91 Å². The number of alkyl carbamates (subject to hydrolysis) is 1. The van der Waals surface area contributed by atoms with Gasteiger partial charge in [0, 0.05) is 26.6 Å². The zero-order chi connectivity index (χ0) is 21.3. The van der Waals surface area contributed by atoms with Crippen molar-refractivity contribution in [2.24, 2.45) is 0 Å². The van der Waals surface area contributed by atoms with Crippen LogP contribution in [0, 0.1) is 0 Å². The van der Waals surface area contributed by atoms with Gasteiger partial charge < -0.3 is 20.3 Å². The molecule has 0 spiro atoms. The maximum absolute atomic E-state index is 12.3. The lowest BCUT2D eigenvalue weighted by atomic mass is 10.2. The van der Waals surface area contributed by atoms with E-state index in [0.29, 0.717) is 19.4 Å². The molecule has 2 N–H and O–H groups in total. The van der Waals surface area contributed by atoms with Crippen LogP contribution in [0.5, 0.6) is 0 Å². The summed E-state index contributed by atoms with van der Waals surface area (Å²) in [5, 5.41) is 5.64. The number of carbonyl (C=O) groups is 2. The van der Waals surface area contributed by atoms with E-state index in [9.17, 15) is 9.59 Å². The van der Waals surface area contributed by atoms with Crippen LogP contribution in [0.3, 0.4) is 0 Å². The number of carbonyl (C=O) groups excluding carboxylic acids is 2. The molecular weight excluding hydrogens is 366 g/mol. The molecular formula is C23H31N3O3. The fourth-order valence-corrected chi connectivity index (χ4v) is 2.82. The first-order chi connectivity index (χ1) is 13.7. The van der Waals surface area contributed by atoms with Crippen molar-refractivity contribution in [3.05, 3.63) is 60.2 Å². The fraction of sp³-hybridized carbons (Fsp3) is 0.391. The average Bonchev–Trinajstić information content (AvgIpc) is 2.65. The fourth-order valence-electron chi connectivity index (χ4n) is 2.82. The highest BCUT2D eigenvalue weighted by Gasteiger charge is 2.16. The standard InChI is InChI=1S/C23H31N3O3/c1-23(2,3)29-22(28)24-16-10-15-21(27)25-19-13-8-9-14-20(19)26(4)17-18-11-6-5-7-12-18/h5-9,11-14H,10,15-17H2,1-4H3,(H,24,28)(H,25,27). The van der Waals surface area contributed by atoms with Gasteiger partial charge in [0.05, 0.1) is 11.4 Å². The van der Waals surface area contributed by atoms with Crippen LogP contribution in [0.25, 0.3) is 0 Å². The second-order valence-corrected chi connectivity index (χ2v) is 7.94. The minimum absolute atomic E-state index is 0.0865. The molecule has 0 aliphatic rings. The molecule has 0 heterocycles. The van der Waals surface area contributed by atoms with E-state index in [1.54, 1.807) is 0 Å². The summed E-state index contributed by atoms with van der Waals surface area (Å²) in [6.45, 7) is 6.57. The lowest BCUT2D eigenvalue weighted by Gasteiger charge is -2.23. The number of para-hydroxylation sites is 2.